The van der Waals surface area contributed by atoms with E-state index in [-0.39, 0.29) is 0 Å². The van der Waals surface area contributed by atoms with Crippen LogP contribution in [0.1, 0.15) is 5.56 Å². The highest BCUT2D eigenvalue weighted by atomic mass is 16.3. The van der Waals surface area contributed by atoms with Gasteiger partial charge in [-0.3, -0.25) is 0 Å². The highest BCUT2D eigenvalue weighted by Gasteiger charge is 2.21. The number of benzene rings is 2. The number of hydrogen-bond acceptors (Lipinski definition) is 3. The van der Waals surface area contributed by atoms with Crippen molar-refractivity contribution in [2.24, 2.45) is 5.18 Å². The lowest BCUT2D eigenvalue weighted by Crippen LogP contribution is -1.91. The summed E-state index contributed by atoms with van der Waals surface area (Å²) in [6.07, 6.45) is 0. The summed E-state index contributed by atoms with van der Waals surface area (Å²) < 4.78 is 0. The lowest BCUT2D eigenvalue weighted by Gasteiger charge is -2.06. The zero-order valence-electron chi connectivity index (χ0n) is 10.8. The molecule has 0 unspecified atom stereocenters. The van der Waals surface area contributed by atoms with Crippen LogP contribution in [0.4, 0.5) is 5.69 Å². The van der Waals surface area contributed by atoms with Crippen molar-refractivity contribution in [3.05, 3.63) is 52.9 Å². The van der Waals surface area contributed by atoms with Crippen LogP contribution in [0.15, 0.2) is 47.6 Å². The molecule has 1 aliphatic heterocycles. The van der Waals surface area contributed by atoms with Crippen LogP contribution >= 0.6 is 0 Å². The predicted octanol–water partition coefficient (Wildman–Crippen LogP) is 4.53. The first-order valence-electron chi connectivity index (χ1n) is 6.42. The third kappa shape index (κ3) is 1.33. The first kappa shape index (κ1) is 11.1. The zero-order chi connectivity index (χ0) is 13.7. The van der Waals surface area contributed by atoms with Crippen LogP contribution in [0.5, 0.6) is 0 Å². The molecule has 0 amide bonds. The van der Waals surface area contributed by atoms with E-state index in [1.165, 1.54) is 0 Å². The molecule has 1 N–H and O–H groups in total. The molecule has 0 atom stereocenters. The lowest BCUT2D eigenvalue weighted by molar-refractivity contribution is 1.28. The van der Waals surface area contributed by atoms with Gasteiger partial charge in [0, 0.05) is 10.8 Å². The molecule has 2 aliphatic rings. The van der Waals surface area contributed by atoms with Gasteiger partial charge in [-0.15, -0.1) is 4.91 Å². The standard InChI is InChI=1S/C16H11N3O/c1-9-5-4-8-12-13(9)18-14-10-6-2-3-7-11(10)15(19-20)16(14)17-12/h2-8,17H,1H3. The van der Waals surface area contributed by atoms with E-state index in [9.17, 15) is 4.91 Å². The summed E-state index contributed by atoms with van der Waals surface area (Å²) in [6, 6.07) is 13.7. The fourth-order valence-corrected chi connectivity index (χ4v) is 2.76. The summed E-state index contributed by atoms with van der Waals surface area (Å²) in [6.45, 7) is 2.03. The van der Waals surface area contributed by atoms with E-state index >= 15 is 0 Å². The maximum atomic E-state index is 11.2. The number of aromatic nitrogens is 2. The number of rotatable bonds is 1. The number of fused-ring (bicyclic) bond motifs is 4. The van der Waals surface area contributed by atoms with Crippen LogP contribution in [0.2, 0.25) is 0 Å². The fraction of sp³-hybridized carbons (Fsp3) is 0.0625. The largest absolute Gasteiger partial charge is 0.350 e. The lowest BCUT2D eigenvalue weighted by atomic mass is 10.1. The van der Waals surface area contributed by atoms with Crippen molar-refractivity contribution in [1.82, 2.24) is 9.97 Å². The SMILES string of the molecule is Cc1cccc2[nH]c3c(N=O)c4ccccc4c-3nc12. The van der Waals surface area contributed by atoms with Crippen molar-refractivity contribution in [3.8, 4) is 11.4 Å². The molecule has 0 saturated heterocycles. The highest BCUT2D eigenvalue weighted by Crippen LogP contribution is 2.43. The van der Waals surface area contributed by atoms with Gasteiger partial charge in [0.05, 0.1) is 22.4 Å². The molecule has 2 aromatic rings. The number of H-pyrrole nitrogens is 1. The van der Waals surface area contributed by atoms with Crippen LogP contribution in [-0.4, -0.2) is 9.97 Å². The molecule has 0 spiro atoms. The average Bonchev–Trinajstić information content (AvgIpc) is 2.79. The van der Waals surface area contributed by atoms with Crippen molar-refractivity contribution < 1.29 is 0 Å². The van der Waals surface area contributed by atoms with Crippen molar-refractivity contribution in [3.63, 3.8) is 0 Å². The van der Waals surface area contributed by atoms with Gasteiger partial charge in [0.1, 0.15) is 5.69 Å². The molecule has 0 saturated carbocycles. The third-order valence-corrected chi connectivity index (χ3v) is 3.72. The van der Waals surface area contributed by atoms with E-state index in [0.717, 1.165) is 33.1 Å². The van der Waals surface area contributed by atoms with Crippen LogP contribution in [0.3, 0.4) is 0 Å². The maximum absolute atomic E-state index is 11.2. The molecule has 96 valence electrons. The van der Waals surface area contributed by atoms with Crippen LogP contribution in [0, 0.1) is 11.8 Å². The molecule has 2 aromatic carbocycles. The summed E-state index contributed by atoms with van der Waals surface area (Å²) in [4.78, 5) is 19.2. The topological polar surface area (TPSA) is 58.1 Å². The van der Waals surface area contributed by atoms with E-state index in [1.807, 2.05) is 49.4 Å². The monoisotopic (exact) mass is 261 g/mol. The van der Waals surface area contributed by atoms with Crippen LogP contribution in [-0.2, 0) is 0 Å². The predicted molar refractivity (Wildman–Crippen MR) is 80.4 cm³/mol. The Kier molecular flexibility index (Phi) is 2.15. The molecule has 0 bridgehead atoms. The second kappa shape index (κ2) is 3.87. The first-order valence-corrected chi connectivity index (χ1v) is 6.42. The summed E-state index contributed by atoms with van der Waals surface area (Å²) in [5, 5.41) is 4.99. The van der Waals surface area contributed by atoms with Gasteiger partial charge in [-0.2, -0.15) is 0 Å². The van der Waals surface area contributed by atoms with Gasteiger partial charge in [-0.05, 0) is 23.7 Å². The van der Waals surface area contributed by atoms with Crippen LogP contribution in [0.25, 0.3) is 33.2 Å². The van der Waals surface area contributed by atoms with Crippen molar-refractivity contribution in [2.75, 3.05) is 0 Å². The van der Waals surface area contributed by atoms with Gasteiger partial charge >= 0.3 is 0 Å². The first-order chi connectivity index (χ1) is 9.79. The number of para-hydroxylation sites is 1. The van der Waals surface area contributed by atoms with E-state index in [4.69, 9.17) is 4.98 Å². The molecule has 0 fully saturated rings. The van der Waals surface area contributed by atoms with Gasteiger partial charge in [0.2, 0.25) is 0 Å². The van der Waals surface area contributed by atoms with Gasteiger partial charge in [0.25, 0.3) is 0 Å². The van der Waals surface area contributed by atoms with Crippen molar-refractivity contribution >= 4 is 27.5 Å². The fourth-order valence-electron chi connectivity index (χ4n) is 2.76. The molecule has 20 heavy (non-hydrogen) atoms. The Bertz CT molecular complexity index is 939. The van der Waals surface area contributed by atoms with Gasteiger partial charge in [-0.25, -0.2) is 4.98 Å². The Balaban J connectivity index is 2.29. The van der Waals surface area contributed by atoms with Crippen molar-refractivity contribution in [1.29, 1.82) is 0 Å². The van der Waals surface area contributed by atoms with E-state index in [1.54, 1.807) is 0 Å². The summed E-state index contributed by atoms with van der Waals surface area (Å²) in [5.41, 5.74) is 4.89. The van der Waals surface area contributed by atoms with Crippen molar-refractivity contribution in [2.45, 2.75) is 6.92 Å². The number of nitrogens with zero attached hydrogens (tertiary/aromatic N) is 2. The van der Waals surface area contributed by atoms with Crippen LogP contribution < -0.4 is 0 Å². The molecule has 1 heterocycles. The highest BCUT2D eigenvalue weighted by molar-refractivity contribution is 6.11. The second-order valence-corrected chi connectivity index (χ2v) is 4.92. The smallest absolute Gasteiger partial charge is 0.141 e. The summed E-state index contributed by atoms with van der Waals surface area (Å²) in [7, 11) is 0. The Morgan fingerprint density at radius 1 is 1.05 bits per heavy atom. The average molecular weight is 261 g/mol. The Labute approximate surface area is 114 Å². The molecule has 1 aliphatic carbocycles. The van der Waals surface area contributed by atoms with E-state index in [2.05, 4.69) is 10.2 Å². The summed E-state index contributed by atoms with van der Waals surface area (Å²) in [5.74, 6) is 0. The molecular formula is C16H11N3O. The summed E-state index contributed by atoms with van der Waals surface area (Å²) >= 11 is 0. The number of hydrogen-bond donors (Lipinski definition) is 1. The minimum Gasteiger partial charge on any atom is -0.350 e. The zero-order valence-corrected chi connectivity index (χ0v) is 10.8. The minimum atomic E-state index is 0.437. The molecule has 0 aromatic heterocycles. The Morgan fingerprint density at radius 3 is 2.65 bits per heavy atom. The number of nitroso groups, excluding NO2 is 1. The third-order valence-electron chi connectivity index (χ3n) is 3.72. The molecule has 4 rings (SSSR count). The second-order valence-electron chi connectivity index (χ2n) is 4.92. The normalized spacial score (nSPS) is 11.4. The van der Waals surface area contributed by atoms with E-state index in [0.29, 0.717) is 11.4 Å². The Hall–Kier alpha value is -2.75. The Morgan fingerprint density at radius 2 is 1.85 bits per heavy atom. The number of aromatic amines is 1. The molecular weight excluding hydrogens is 250 g/mol. The van der Waals surface area contributed by atoms with Gasteiger partial charge < -0.3 is 4.98 Å². The molecule has 0 radical (unpaired) electrons. The van der Waals surface area contributed by atoms with Gasteiger partial charge in [0.15, 0.2) is 0 Å². The minimum absolute atomic E-state index is 0.437. The quantitative estimate of drug-likeness (QED) is 0.512. The van der Waals surface area contributed by atoms with Gasteiger partial charge in [-0.1, -0.05) is 36.4 Å². The molecule has 4 nitrogen and oxygen atoms in total. The number of aryl methyl sites for hydroxylation is 1. The number of nitrogens with one attached hydrogen (secondary N) is 1. The maximum Gasteiger partial charge on any atom is 0.141 e. The molecule has 4 heteroatoms. The van der Waals surface area contributed by atoms with E-state index < -0.39 is 0 Å².